The number of piperidine rings is 1. The lowest BCUT2D eigenvalue weighted by Gasteiger charge is -2.25. The van der Waals surface area contributed by atoms with Crippen LogP contribution in [0.5, 0.6) is 0 Å². The minimum absolute atomic E-state index is 0.117. The Hall–Kier alpha value is -1.10. The fraction of sp³-hybridized carbons (Fsp3) is 0.867. The van der Waals surface area contributed by atoms with Gasteiger partial charge in [0.2, 0.25) is 0 Å². The SMILES string of the molecule is C[C@H](C=O)CCCCNC(=O)OCCN1CCCCC1. The molecule has 1 N–H and O–H groups in total. The van der Waals surface area contributed by atoms with Gasteiger partial charge in [-0.25, -0.2) is 4.79 Å². The predicted molar refractivity (Wildman–Crippen MR) is 78.7 cm³/mol. The maximum absolute atomic E-state index is 11.4. The van der Waals surface area contributed by atoms with E-state index in [1.165, 1.54) is 19.3 Å². The van der Waals surface area contributed by atoms with Gasteiger partial charge in [0, 0.05) is 19.0 Å². The number of alkyl carbamates (subject to hydrolysis) is 1. The Bertz CT molecular complexity index is 278. The van der Waals surface area contributed by atoms with Gasteiger partial charge in [0.1, 0.15) is 12.9 Å². The number of carbonyl (C=O) groups excluding carboxylic acids is 2. The van der Waals surface area contributed by atoms with Gasteiger partial charge < -0.3 is 14.8 Å². The van der Waals surface area contributed by atoms with Crippen molar-refractivity contribution in [2.24, 2.45) is 5.92 Å². The van der Waals surface area contributed by atoms with Gasteiger partial charge in [-0.05, 0) is 38.8 Å². The van der Waals surface area contributed by atoms with Crippen molar-refractivity contribution in [2.45, 2.75) is 45.4 Å². The smallest absolute Gasteiger partial charge is 0.407 e. The summed E-state index contributed by atoms with van der Waals surface area (Å²) in [5, 5.41) is 2.74. The second kappa shape index (κ2) is 10.7. The van der Waals surface area contributed by atoms with Crippen molar-refractivity contribution in [1.29, 1.82) is 0 Å². The Balaban J connectivity index is 1.91. The molecule has 0 bridgehead atoms. The third-order valence-electron chi connectivity index (χ3n) is 3.68. The van der Waals surface area contributed by atoms with Crippen LogP contribution < -0.4 is 5.32 Å². The molecule has 0 unspecified atom stereocenters. The molecule has 0 aromatic carbocycles. The average molecular weight is 284 g/mol. The highest BCUT2D eigenvalue weighted by Gasteiger charge is 2.10. The fourth-order valence-electron chi connectivity index (χ4n) is 2.35. The molecule has 0 aliphatic carbocycles. The molecule has 0 aromatic rings. The van der Waals surface area contributed by atoms with Gasteiger partial charge >= 0.3 is 6.09 Å². The predicted octanol–water partition coefficient (Wildman–Crippen LogP) is 2.20. The van der Waals surface area contributed by atoms with E-state index in [9.17, 15) is 9.59 Å². The summed E-state index contributed by atoms with van der Waals surface area (Å²) < 4.78 is 5.15. The highest BCUT2D eigenvalue weighted by atomic mass is 16.5. The highest BCUT2D eigenvalue weighted by Crippen LogP contribution is 2.07. The number of hydrogen-bond donors (Lipinski definition) is 1. The van der Waals surface area contributed by atoms with E-state index >= 15 is 0 Å². The first-order chi connectivity index (χ1) is 9.72. The van der Waals surface area contributed by atoms with Gasteiger partial charge in [0.05, 0.1) is 0 Å². The molecule has 0 radical (unpaired) electrons. The zero-order valence-electron chi connectivity index (χ0n) is 12.6. The Morgan fingerprint density at radius 2 is 2.05 bits per heavy atom. The molecule has 1 heterocycles. The molecule has 1 atom stereocenters. The van der Waals surface area contributed by atoms with Crippen molar-refractivity contribution in [1.82, 2.24) is 10.2 Å². The molecule has 0 spiro atoms. The average Bonchev–Trinajstić information content (AvgIpc) is 2.47. The lowest BCUT2D eigenvalue weighted by molar-refractivity contribution is -0.110. The van der Waals surface area contributed by atoms with E-state index in [4.69, 9.17) is 4.74 Å². The normalized spacial score (nSPS) is 17.4. The number of nitrogens with zero attached hydrogens (tertiary/aromatic N) is 1. The van der Waals surface area contributed by atoms with E-state index in [0.717, 1.165) is 45.2 Å². The summed E-state index contributed by atoms with van der Waals surface area (Å²) in [4.78, 5) is 24.2. The second-order valence-corrected chi connectivity index (χ2v) is 5.57. The number of likely N-dealkylation sites (tertiary alicyclic amines) is 1. The third-order valence-corrected chi connectivity index (χ3v) is 3.68. The molecule has 20 heavy (non-hydrogen) atoms. The topological polar surface area (TPSA) is 58.6 Å². The van der Waals surface area contributed by atoms with Crippen LogP contribution >= 0.6 is 0 Å². The van der Waals surface area contributed by atoms with Crippen LogP contribution in [0.2, 0.25) is 0 Å². The van der Waals surface area contributed by atoms with Crippen LogP contribution in [-0.4, -0.2) is 50.1 Å². The number of nitrogens with one attached hydrogen (secondary N) is 1. The van der Waals surface area contributed by atoms with Crippen molar-refractivity contribution >= 4 is 12.4 Å². The summed E-state index contributed by atoms with van der Waals surface area (Å²) in [5.41, 5.74) is 0. The van der Waals surface area contributed by atoms with Gasteiger partial charge in [-0.1, -0.05) is 19.8 Å². The molecule has 1 fully saturated rings. The summed E-state index contributed by atoms with van der Waals surface area (Å²) in [6.45, 7) is 6.08. The zero-order chi connectivity index (χ0) is 14.6. The first kappa shape index (κ1) is 17.0. The molecule has 0 saturated carbocycles. The number of amides is 1. The Morgan fingerprint density at radius 3 is 2.75 bits per heavy atom. The lowest BCUT2D eigenvalue weighted by Crippen LogP contribution is -2.34. The van der Waals surface area contributed by atoms with E-state index in [1.54, 1.807) is 0 Å². The summed E-state index contributed by atoms with van der Waals surface area (Å²) in [6, 6.07) is 0. The largest absolute Gasteiger partial charge is 0.448 e. The summed E-state index contributed by atoms with van der Waals surface area (Å²) in [6.07, 6.45) is 7.20. The first-order valence-electron chi connectivity index (χ1n) is 7.80. The van der Waals surface area contributed by atoms with Gasteiger partial charge in [-0.3, -0.25) is 4.90 Å². The van der Waals surface area contributed by atoms with Crippen LogP contribution in [0.25, 0.3) is 0 Å². The molecule has 5 nitrogen and oxygen atoms in total. The van der Waals surface area contributed by atoms with Crippen LogP contribution in [0.3, 0.4) is 0 Å². The van der Waals surface area contributed by atoms with Crippen molar-refractivity contribution < 1.29 is 14.3 Å². The molecule has 1 amide bonds. The molecule has 5 heteroatoms. The Morgan fingerprint density at radius 1 is 1.30 bits per heavy atom. The van der Waals surface area contributed by atoms with Crippen LogP contribution in [0.15, 0.2) is 0 Å². The summed E-state index contributed by atoms with van der Waals surface area (Å²) in [7, 11) is 0. The molecular weight excluding hydrogens is 256 g/mol. The zero-order valence-corrected chi connectivity index (χ0v) is 12.6. The first-order valence-corrected chi connectivity index (χ1v) is 7.80. The number of hydrogen-bond acceptors (Lipinski definition) is 4. The second-order valence-electron chi connectivity index (χ2n) is 5.57. The number of unbranched alkanes of at least 4 members (excludes halogenated alkanes) is 1. The number of aldehydes is 1. The monoisotopic (exact) mass is 284 g/mol. The molecule has 1 rings (SSSR count). The molecule has 1 saturated heterocycles. The van der Waals surface area contributed by atoms with Gasteiger partial charge in [0.15, 0.2) is 0 Å². The van der Waals surface area contributed by atoms with E-state index in [2.05, 4.69) is 10.2 Å². The van der Waals surface area contributed by atoms with Gasteiger partial charge in [-0.15, -0.1) is 0 Å². The summed E-state index contributed by atoms with van der Waals surface area (Å²) >= 11 is 0. The molecular formula is C15H28N2O3. The number of ether oxygens (including phenoxy) is 1. The minimum atomic E-state index is -0.328. The lowest BCUT2D eigenvalue weighted by atomic mass is 10.1. The van der Waals surface area contributed by atoms with Crippen molar-refractivity contribution in [3.05, 3.63) is 0 Å². The van der Waals surface area contributed by atoms with Crippen molar-refractivity contribution in [3.63, 3.8) is 0 Å². The quantitative estimate of drug-likeness (QED) is 0.521. The standard InChI is InChI=1S/C15H28N2O3/c1-14(13-18)7-3-4-8-16-15(19)20-12-11-17-9-5-2-6-10-17/h13-14H,2-12H2,1H3,(H,16,19)/t14-/m0/s1. The van der Waals surface area contributed by atoms with Gasteiger partial charge in [-0.2, -0.15) is 0 Å². The Kier molecular flexibility index (Phi) is 9.04. The third kappa shape index (κ3) is 8.15. The molecule has 0 aromatic heterocycles. The maximum Gasteiger partial charge on any atom is 0.407 e. The summed E-state index contributed by atoms with van der Waals surface area (Å²) in [5.74, 6) is 0.117. The van der Waals surface area contributed by atoms with E-state index in [-0.39, 0.29) is 12.0 Å². The Labute approximate surface area is 122 Å². The maximum atomic E-state index is 11.4. The van der Waals surface area contributed by atoms with E-state index < -0.39 is 0 Å². The molecule has 116 valence electrons. The molecule has 1 aliphatic rings. The van der Waals surface area contributed by atoms with Crippen LogP contribution in [0.1, 0.15) is 45.4 Å². The van der Waals surface area contributed by atoms with E-state index in [1.807, 2.05) is 6.92 Å². The molecule has 1 aliphatic heterocycles. The van der Waals surface area contributed by atoms with Gasteiger partial charge in [0.25, 0.3) is 0 Å². The van der Waals surface area contributed by atoms with E-state index in [0.29, 0.717) is 13.2 Å². The fourth-order valence-corrected chi connectivity index (χ4v) is 2.35. The van der Waals surface area contributed by atoms with Crippen molar-refractivity contribution in [2.75, 3.05) is 32.8 Å². The van der Waals surface area contributed by atoms with Crippen LogP contribution in [0.4, 0.5) is 4.79 Å². The number of rotatable bonds is 9. The minimum Gasteiger partial charge on any atom is -0.448 e. The van der Waals surface area contributed by atoms with Crippen molar-refractivity contribution in [3.8, 4) is 0 Å². The highest BCUT2D eigenvalue weighted by molar-refractivity contribution is 5.66. The van der Waals surface area contributed by atoms with Crippen LogP contribution in [0, 0.1) is 5.92 Å². The number of carbonyl (C=O) groups is 2. The van der Waals surface area contributed by atoms with Crippen LogP contribution in [-0.2, 0) is 9.53 Å².